The summed E-state index contributed by atoms with van der Waals surface area (Å²) >= 11 is 0. The Morgan fingerprint density at radius 2 is 1.56 bits per heavy atom. The van der Waals surface area contributed by atoms with Crippen LogP contribution in [0, 0.1) is 13.8 Å². The Morgan fingerprint density at radius 1 is 1.00 bits per heavy atom. The number of nitrogens with one attached hydrogen (secondary N) is 2. The van der Waals surface area contributed by atoms with E-state index in [1.807, 2.05) is 40.7 Å². The first kappa shape index (κ1) is 20.8. The van der Waals surface area contributed by atoms with E-state index in [1.165, 1.54) is 24.3 Å². The molecule has 0 aliphatic carbocycles. The number of hydrogen-bond donors (Lipinski definition) is 2. The molecule has 0 aromatic heterocycles. The topological polar surface area (TPSA) is 84.5 Å². The van der Waals surface area contributed by atoms with Gasteiger partial charge in [0, 0.05) is 11.2 Å². The zero-order chi connectivity index (χ0) is 20.2. The lowest BCUT2D eigenvalue weighted by Crippen LogP contribution is -2.43. The molecule has 2 rings (SSSR count). The van der Waals surface area contributed by atoms with Gasteiger partial charge >= 0.3 is 0 Å². The Kier molecular flexibility index (Phi) is 6.15. The van der Waals surface area contributed by atoms with Gasteiger partial charge in [0.05, 0.1) is 4.90 Å². The molecule has 1 amide bonds. The number of rotatable bonds is 6. The van der Waals surface area contributed by atoms with Crippen molar-refractivity contribution in [1.29, 1.82) is 0 Å². The SMILES string of the molecule is Cc1cc(C)cc(NS(=O)(=O)c2ccc(OCC(=O)NC(C)(C)C)cc2)c1. The minimum Gasteiger partial charge on any atom is -0.484 e. The summed E-state index contributed by atoms with van der Waals surface area (Å²) in [7, 11) is -3.70. The fraction of sp³-hybridized carbons (Fsp3) is 0.350. The molecular weight excluding hydrogens is 364 g/mol. The molecule has 2 aromatic carbocycles. The summed E-state index contributed by atoms with van der Waals surface area (Å²) in [5.41, 5.74) is 2.14. The van der Waals surface area contributed by atoms with E-state index in [4.69, 9.17) is 4.74 Å². The molecular formula is C20H26N2O4S. The van der Waals surface area contributed by atoms with Crippen molar-refractivity contribution in [3.8, 4) is 5.75 Å². The third-order valence-electron chi connectivity index (χ3n) is 3.49. The Hall–Kier alpha value is -2.54. The maximum Gasteiger partial charge on any atom is 0.261 e. The van der Waals surface area contributed by atoms with Crippen LogP contribution in [0.5, 0.6) is 5.75 Å². The first-order valence-corrected chi connectivity index (χ1v) is 10.1. The predicted molar refractivity (Wildman–Crippen MR) is 107 cm³/mol. The second kappa shape index (κ2) is 8.00. The number of ether oxygens (including phenoxy) is 1. The Bertz CT molecular complexity index is 894. The van der Waals surface area contributed by atoms with Gasteiger partial charge < -0.3 is 10.1 Å². The minimum atomic E-state index is -3.70. The Labute approximate surface area is 161 Å². The number of carbonyl (C=O) groups is 1. The van der Waals surface area contributed by atoms with Crippen LogP contribution < -0.4 is 14.8 Å². The van der Waals surface area contributed by atoms with E-state index in [0.717, 1.165) is 11.1 Å². The molecule has 27 heavy (non-hydrogen) atoms. The lowest BCUT2D eigenvalue weighted by Gasteiger charge is -2.20. The molecule has 146 valence electrons. The molecule has 0 spiro atoms. The third-order valence-corrected chi connectivity index (χ3v) is 4.89. The number of amides is 1. The van der Waals surface area contributed by atoms with Crippen LogP contribution in [0.15, 0.2) is 47.4 Å². The second-order valence-electron chi connectivity index (χ2n) is 7.54. The molecule has 0 aliphatic heterocycles. The van der Waals surface area contributed by atoms with Crippen molar-refractivity contribution in [2.24, 2.45) is 0 Å². The van der Waals surface area contributed by atoms with Crippen LogP contribution in [0.25, 0.3) is 0 Å². The van der Waals surface area contributed by atoms with Crippen molar-refractivity contribution >= 4 is 21.6 Å². The number of benzene rings is 2. The largest absolute Gasteiger partial charge is 0.484 e. The van der Waals surface area contributed by atoms with Crippen molar-refractivity contribution in [3.05, 3.63) is 53.6 Å². The highest BCUT2D eigenvalue weighted by atomic mass is 32.2. The van der Waals surface area contributed by atoms with E-state index >= 15 is 0 Å². The van der Waals surface area contributed by atoms with Crippen molar-refractivity contribution < 1.29 is 17.9 Å². The van der Waals surface area contributed by atoms with Crippen LogP contribution in [0.2, 0.25) is 0 Å². The molecule has 0 atom stereocenters. The van der Waals surface area contributed by atoms with Crippen molar-refractivity contribution in [2.75, 3.05) is 11.3 Å². The maximum atomic E-state index is 12.5. The molecule has 0 aliphatic rings. The van der Waals surface area contributed by atoms with Gasteiger partial charge in [0.1, 0.15) is 5.75 Å². The van der Waals surface area contributed by atoms with E-state index in [1.54, 1.807) is 12.1 Å². The first-order chi connectivity index (χ1) is 12.4. The zero-order valence-electron chi connectivity index (χ0n) is 16.3. The molecule has 2 aromatic rings. The van der Waals surface area contributed by atoms with Gasteiger partial charge in [0.25, 0.3) is 15.9 Å². The predicted octanol–water partition coefficient (Wildman–Crippen LogP) is 3.40. The third kappa shape index (κ3) is 6.60. The van der Waals surface area contributed by atoms with Crippen molar-refractivity contribution in [2.45, 2.75) is 45.1 Å². The molecule has 0 saturated heterocycles. The second-order valence-corrected chi connectivity index (χ2v) is 9.22. The molecule has 0 saturated carbocycles. The van der Waals surface area contributed by atoms with Crippen LogP contribution in [-0.4, -0.2) is 26.5 Å². The number of anilines is 1. The average Bonchev–Trinajstić information content (AvgIpc) is 2.50. The van der Waals surface area contributed by atoms with Gasteiger partial charge in [0.15, 0.2) is 6.61 Å². The summed E-state index contributed by atoms with van der Waals surface area (Å²) in [5.74, 6) is 0.181. The molecule has 2 N–H and O–H groups in total. The van der Waals surface area contributed by atoms with Gasteiger partial charge in [0.2, 0.25) is 0 Å². The molecule has 0 fully saturated rings. The number of hydrogen-bond acceptors (Lipinski definition) is 4. The number of aryl methyl sites for hydroxylation is 2. The molecule has 0 heterocycles. The summed E-state index contributed by atoms with van der Waals surface area (Å²) < 4.78 is 33.1. The number of sulfonamides is 1. The van der Waals surface area contributed by atoms with Crippen LogP contribution in [0.1, 0.15) is 31.9 Å². The fourth-order valence-corrected chi connectivity index (χ4v) is 3.61. The van der Waals surface area contributed by atoms with Gasteiger partial charge in [-0.3, -0.25) is 9.52 Å². The van der Waals surface area contributed by atoms with E-state index < -0.39 is 10.0 Å². The van der Waals surface area contributed by atoms with E-state index in [9.17, 15) is 13.2 Å². The first-order valence-electron chi connectivity index (χ1n) is 8.60. The van der Waals surface area contributed by atoms with Crippen molar-refractivity contribution in [1.82, 2.24) is 5.32 Å². The molecule has 0 bridgehead atoms. The normalized spacial score (nSPS) is 11.7. The standard InChI is InChI=1S/C20H26N2O4S/c1-14-10-15(2)12-16(11-14)22-27(24,25)18-8-6-17(7-9-18)26-13-19(23)21-20(3,4)5/h6-12,22H,13H2,1-5H3,(H,21,23). The summed E-state index contributed by atoms with van der Waals surface area (Å²) in [6.45, 7) is 9.33. The van der Waals surface area contributed by atoms with Gasteiger partial charge in [-0.25, -0.2) is 8.42 Å². The van der Waals surface area contributed by atoms with Crippen LogP contribution >= 0.6 is 0 Å². The van der Waals surface area contributed by atoms with Crippen LogP contribution in [0.4, 0.5) is 5.69 Å². The van der Waals surface area contributed by atoms with Crippen LogP contribution in [0.3, 0.4) is 0 Å². The molecule has 0 radical (unpaired) electrons. The Balaban J connectivity index is 2.04. The minimum absolute atomic E-state index is 0.119. The fourth-order valence-electron chi connectivity index (χ4n) is 2.57. The van der Waals surface area contributed by atoms with Gasteiger partial charge in [-0.15, -0.1) is 0 Å². The van der Waals surface area contributed by atoms with Crippen LogP contribution in [-0.2, 0) is 14.8 Å². The highest BCUT2D eigenvalue weighted by Gasteiger charge is 2.16. The van der Waals surface area contributed by atoms with E-state index in [2.05, 4.69) is 10.0 Å². The van der Waals surface area contributed by atoms with E-state index in [-0.39, 0.29) is 22.9 Å². The lowest BCUT2D eigenvalue weighted by atomic mass is 10.1. The quantitative estimate of drug-likeness (QED) is 0.792. The monoisotopic (exact) mass is 390 g/mol. The Morgan fingerprint density at radius 3 is 2.07 bits per heavy atom. The summed E-state index contributed by atoms with van der Waals surface area (Å²) in [6, 6.07) is 11.5. The zero-order valence-corrected chi connectivity index (χ0v) is 17.1. The van der Waals surface area contributed by atoms with E-state index in [0.29, 0.717) is 11.4 Å². The summed E-state index contributed by atoms with van der Waals surface area (Å²) in [4.78, 5) is 11.9. The highest BCUT2D eigenvalue weighted by molar-refractivity contribution is 7.92. The average molecular weight is 391 g/mol. The number of carbonyl (C=O) groups excluding carboxylic acids is 1. The lowest BCUT2D eigenvalue weighted by molar-refractivity contribution is -0.124. The summed E-state index contributed by atoms with van der Waals surface area (Å²) in [6.07, 6.45) is 0. The maximum absolute atomic E-state index is 12.5. The van der Waals surface area contributed by atoms with Gasteiger partial charge in [-0.05, 0) is 82.1 Å². The molecule has 7 heteroatoms. The van der Waals surface area contributed by atoms with Gasteiger partial charge in [-0.1, -0.05) is 6.07 Å². The highest BCUT2D eigenvalue weighted by Crippen LogP contribution is 2.21. The smallest absolute Gasteiger partial charge is 0.261 e. The van der Waals surface area contributed by atoms with Crippen molar-refractivity contribution in [3.63, 3.8) is 0 Å². The molecule has 0 unspecified atom stereocenters. The summed E-state index contributed by atoms with van der Waals surface area (Å²) in [5, 5.41) is 2.79. The van der Waals surface area contributed by atoms with Gasteiger partial charge in [-0.2, -0.15) is 0 Å². The molecule has 6 nitrogen and oxygen atoms in total.